The second-order valence-electron chi connectivity index (χ2n) is 7.86. The zero-order chi connectivity index (χ0) is 20.1. The molecule has 1 rings (SSSR count). The zero-order valence-electron chi connectivity index (χ0n) is 17.1. The number of aliphatic hydroxyl groups is 1. The first kappa shape index (κ1) is 23.6. The van der Waals surface area contributed by atoms with Gasteiger partial charge in [-0.2, -0.15) is 0 Å². The van der Waals surface area contributed by atoms with Gasteiger partial charge < -0.3 is 10.2 Å². The number of carbonyl (C=O) groups excluding carboxylic acids is 1. The number of unbranched alkanes of at least 4 members (excludes halogenated alkanes) is 4. The van der Waals surface area contributed by atoms with Crippen LogP contribution in [0, 0.1) is 17.8 Å². The van der Waals surface area contributed by atoms with Crippen molar-refractivity contribution < 1.29 is 19.8 Å². The Morgan fingerprint density at radius 3 is 2.63 bits per heavy atom. The average Bonchev–Trinajstić information content (AvgIpc) is 2.98. The molecule has 0 amide bonds. The van der Waals surface area contributed by atoms with Crippen molar-refractivity contribution in [2.45, 2.75) is 90.6 Å². The van der Waals surface area contributed by atoms with Crippen LogP contribution in [0.3, 0.4) is 0 Å². The molecule has 0 heterocycles. The van der Waals surface area contributed by atoms with Crippen molar-refractivity contribution in [2.75, 3.05) is 0 Å². The molecule has 0 radical (unpaired) electrons. The van der Waals surface area contributed by atoms with Crippen molar-refractivity contribution in [3.8, 4) is 0 Å². The maximum Gasteiger partial charge on any atom is 0.332 e. The van der Waals surface area contributed by atoms with Gasteiger partial charge >= 0.3 is 5.97 Å². The Kier molecular flexibility index (Phi) is 12.0. The molecule has 1 aliphatic rings. The molecule has 2 N–H and O–H groups in total. The maximum atomic E-state index is 12.2. The van der Waals surface area contributed by atoms with Gasteiger partial charge in [0, 0.05) is 12.3 Å². The first-order valence-corrected chi connectivity index (χ1v) is 10.8. The molecule has 27 heavy (non-hydrogen) atoms. The van der Waals surface area contributed by atoms with Crippen molar-refractivity contribution in [1.29, 1.82) is 0 Å². The van der Waals surface area contributed by atoms with Crippen LogP contribution in [-0.2, 0) is 9.59 Å². The third-order valence-electron chi connectivity index (χ3n) is 5.53. The minimum Gasteiger partial charge on any atom is -0.479 e. The fourth-order valence-corrected chi connectivity index (χ4v) is 3.90. The highest BCUT2D eigenvalue weighted by Gasteiger charge is 2.31. The molecule has 1 fully saturated rings. The monoisotopic (exact) mass is 378 g/mol. The minimum atomic E-state index is -1.32. The molecule has 4 heteroatoms. The van der Waals surface area contributed by atoms with Crippen LogP contribution in [-0.4, -0.2) is 28.1 Å². The maximum absolute atomic E-state index is 12.2. The van der Waals surface area contributed by atoms with Gasteiger partial charge in [0.2, 0.25) is 0 Å². The van der Waals surface area contributed by atoms with Crippen molar-refractivity contribution >= 4 is 11.8 Å². The summed E-state index contributed by atoms with van der Waals surface area (Å²) in [6.07, 6.45) is 17.7. The molecule has 0 saturated heterocycles. The van der Waals surface area contributed by atoms with Crippen molar-refractivity contribution in [3.63, 3.8) is 0 Å². The lowest BCUT2D eigenvalue weighted by Crippen LogP contribution is -2.22. The van der Waals surface area contributed by atoms with E-state index in [2.05, 4.69) is 26.0 Å². The molecular formula is C23H38O4. The standard InChI is InChI=1S/C23H38O4/c1-3-5-6-7-8-9-13-19-15-16-21(24)20(19)14-10-12-18(11-4-2)17-22(25)23(26)27/h9-10,12-13,18-20,22,25H,3-8,11,14-17H2,1-2H3,(H,26,27)/t18?,19-,20+,22?/m0/s1. The molecular weight excluding hydrogens is 340 g/mol. The fourth-order valence-electron chi connectivity index (χ4n) is 3.90. The Morgan fingerprint density at radius 2 is 1.96 bits per heavy atom. The number of carboxylic acids is 1. The molecule has 0 aromatic rings. The predicted octanol–water partition coefficient (Wildman–Crippen LogP) is 5.31. The minimum absolute atomic E-state index is 0.0464. The molecule has 4 nitrogen and oxygen atoms in total. The van der Waals surface area contributed by atoms with E-state index < -0.39 is 12.1 Å². The summed E-state index contributed by atoms with van der Waals surface area (Å²) < 4.78 is 0. The van der Waals surface area contributed by atoms with E-state index in [0.717, 1.165) is 25.7 Å². The second-order valence-corrected chi connectivity index (χ2v) is 7.86. The van der Waals surface area contributed by atoms with Crippen LogP contribution in [0.15, 0.2) is 24.3 Å². The number of hydrogen-bond acceptors (Lipinski definition) is 3. The number of carbonyl (C=O) groups is 2. The quantitative estimate of drug-likeness (QED) is 0.317. The second kappa shape index (κ2) is 13.7. The normalized spacial score (nSPS) is 22.7. The van der Waals surface area contributed by atoms with Crippen molar-refractivity contribution in [1.82, 2.24) is 0 Å². The summed E-state index contributed by atoms with van der Waals surface area (Å²) in [4.78, 5) is 23.1. The molecule has 0 aliphatic heterocycles. The summed E-state index contributed by atoms with van der Waals surface area (Å²) in [5, 5.41) is 18.5. The third-order valence-corrected chi connectivity index (χ3v) is 5.53. The van der Waals surface area contributed by atoms with Crippen LogP contribution in [0.25, 0.3) is 0 Å². The summed E-state index contributed by atoms with van der Waals surface area (Å²) in [6, 6.07) is 0. The van der Waals surface area contributed by atoms with Crippen LogP contribution in [0.1, 0.15) is 84.5 Å². The Labute approximate surface area is 164 Å². The third kappa shape index (κ3) is 9.37. The van der Waals surface area contributed by atoms with Gasteiger partial charge in [-0.05, 0) is 50.4 Å². The van der Waals surface area contributed by atoms with Gasteiger partial charge in [0.15, 0.2) is 6.10 Å². The first-order chi connectivity index (χ1) is 13.0. The summed E-state index contributed by atoms with van der Waals surface area (Å²) >= 11 is 0. The van der Waals surface area contributed by atoms with E-state index in [1.54, 1.807) is 0 Å². The van der Waals surface area contributed by atoms with E-state index in [1.165, 1.54) is 25.7 Å². The van der Waals surface area contributed by atoms with E-state index in [4.69, 9.17) is 5.11 Å². The number of hydrogen-bond donors (Lipinski definition) is 2. The Bertz CT molecular complexity index is 495. The van der Waals surface area contributed by atoms with Crippen LogP contribution >= 0.6 is 0 Å². The van der Waals surface area contributed by atoms with E-state index >= 15 is 0 Å². The van der Waals surface area contributed by atoms with Crippen LogP contribution in [0.2, 0.25) is 0 Å². The smallest absolute Gasteiger partial charge is 0.332 e. The SMILES string of the molecule is CCCCCCC=C[C@H]1CCC(=O)[C@@H]1CC=CC(CCC)CC(O)C(=O)O. The van der Waals surface area contributed by atoms with E-state index in [1.807, 2.05) is 12.2 Å². The summed E-state index contributed by atoms with van der Waals surface area (Å²) in [5.74, 6) is -0.384. The van der Waals surface area contributed by atoms with Gasteiger partial charge in [-0.25, -0.2) is 4.79 Å². The lowest BCUT2D eigenvalue weighted by Gasteiger charge is -2.16. The largest absolute Gasteiger partial charge is 0.479 e. The number of aliphatic carboxylic acids is 1. The lowest BCUT2D eigenvalue weighted by molar-refractivity contribution is -0.147. The highest BCUT2D eigenvalue weighted by atomic mass is 16.4. The summed E-state index contributed by atoms with van der Waals surface area (Å²) in [6.45, 7) is 4.27. The van der Waals surface area contributed by atoms with Gasteiger partial charge in [0.25, 0.3) is 0 Å². The number of Topliss-reactive ketones (excluding diaryl/α,β-unsaturated/α-hetero) is 1. The van der Waals surface area contributed by atoms with Crippen LogP contribution in [0.4, 0.5) is 0 Å². The zero-order valence-corrected chi connectivity index (χ0v) is 17.1. The molecule has 0 aromatic carbocycles. The van der Waals surface area contributed by atoms with Crippen LogP contribution < -0.4 is 0 Å². The molecule has 1 saturated carbocycles. The van der Waals surface area contributed by atoms with Crippen molar-refractivity contribution in [2.24, 2.45) is 17.8 Å². The molecule has 0 spiro atoms. The molecule has 2 unspecified atom stereocenters. The Balaban J connectivity index is 2.51. The summed E-state index contributed by atoms with van der Waals surface area (Å²) in [7, 11) is 0. The van der Waals surface area contributed by atoms with Gasteiger partial charge in [-0.3, -0.25) is 4.79 Å². The number of allylic oxidation sites excluding steroid dienone is 4. The highest BCUT2D eigenvalue weighted by molar-refractivity contribution is 5.83. The lowest BCUT2D eigenvalue weighted by atomic mass is 9.89. The number of aliphatic hydroxyl groups excluding tert-OH is 1. The summed E-state index contributed by atoms with van der Waals surface area (Å²) in [5.41, 5.74) is 0. The van der Waals surface area contributed by atoms with E-state index in [-0.39, 0.29) is 18.3 Å². The fraction of sp³-hybridized carbons (Fsp3) is 0.739. The Morgan fingerprint density at radius 1 is 1.19 bits per heavy atom. The average molecular weight is 379 g/mol. The number of carboxylic acid groups (broad SMARTS) is 1. The highest BCUT2D eigenvalue weighted by Crippen LogP contribution is 2.33. The predicted molar refractivity (Wildman–Crippen MR) is 110 cm³/mol. The number of rotatable bonds is 14. The van der Waals surface area contributed by atoms with Gasteiger partial charge in [0.05, 0.1) is 0 Å². The molecule has 0 bridgehead atoms. The Hall–Kier alpha value is -1.42. The first-order valence-electron chi connectivity index (χ1n) is 10.8. The van der Waals surface area contributed by atoms with Gasteiger partial charge in [-0.15, -0.1) is 0 Å². The van der Waals surface area contributed by atoms with Crippen LogP contribution in [0.5, 0.6) is 0 Å². The van der Waals surface area contributed by atoms with E-state index in [9.17, 15) is 14.7 Å². The molecule has 4 atom stereocenters. The molecule has 0 aromatic heterocycles. The number of ketones is 1. The molecule has 1 aliphatic carbocycles. The van der Waals surface area contributed by atoms with Gasteiger partial charge in [0.1, 0.15) is 5.78 Å². The topological polar surface area (TPSA) is 74.6 Å². The van der Waals surface area contributed by atoms with Gasteiger partial charge in [-0.1, -0.05) is 63.8 Å². The van der Waals surface area contributed by atoms with Crippen molar-refractivity contribution in [3.05, 3.63) is 24.3 Å². The van der Waals surface area contributed by atoms with E-state index in [0.29, 0.717) is 24.5 Å². The molecule has 154 valence electrons.